The SMILES string of the molecule is CC(C)(C)N1P(=S)(Nc2ccccc2)N(C(C)(C)C)P1(=S)Nc1ccccc1. The van der Waals surface area contributed by atoms with Crippen molar-refractivity contribution in [1.82, 2.24) is 8.88 Å². The third-order valence-corrected chi connectivity index (χ3v) is 16.9. The molecule has 28 heavy (non-hydrogen) atoms. The van der Waals surface area contributed by atoms with Crippen molar-refractivity contribution in [1.29, 1.82) is 0 Å². The lowest BCUT2D eigenvalue weighted by Crippen LogP contribution is -2.59. The topological polar surface area (TPSA) is 30.5 Å². The van der Waals surface area contributed by atoms with E-state index in [2.05, 4.69) is 84.9 Å². The van der Waals surface area contributed by atoms with Gasteiger partial charge in [-0.25, -0.2) is 0 Å². The molecule has 2 aromatic carbocycles. The Morgan fingerprint density at radius 1 is 0.607 bits per heavy atom. The summed E-state index contributed by atoms with van der Waals surface area (Å²) >= 11 is 12.8. The first-order chi connectivity index (χ1) is 12.9. The molecule has 0 spiro atoms. The van der Waals surface area contributed by atoms with Crippen LogP contribution in [0.2, 0.25) is 0 Å². The van der Waals surface area contributed by atoms with E-state index in [1.807, 2.05) is 36.4 Å². The lowest BCUT2D eigenvalue weighted by atomic mass is 10.1. The van der Waals surface area contributed by atoms with Crippen LogP contribution in [0.4, 0.5) is 11.4 Å². The summed E-state index contributed by atoms with van der Waals surface area (Å²) in [4.78, 5) is 0. The Morgan fingerprint density at radius 3 is 1.14 bits per heavy atom. The number of hydrogen-bond acceptors (Lipinski definition) is 2. The Labute approximate surface area is 180 Å². The normalized spacial score (nSPS) is 26.5. The number of benzene rings is 2. The quantitative estimate of drug-likeness (QED) is 0.492. The van der Waals surface area contributed by atoms with E-state index < -0.39 is 13.0 Å². The van der Waals surface area contributed by atoms with E-state index in [1.165, 1.54) is 0 Å². The maximum Gasteiger partial charge on any atom is 0.180 e. The van der Waals surface area contributed by atoms with Gasteiger partial charge >= 0.3 is 0 Å². The number of hydrogen-bond donors (Lipinski definition) is 2. The van der Waals surface area contributed by atoms with Crippen molar-refractivity contribution in [3.8, 4) is 0 Å². The molecule has 2 N–H and O–H groups in total. The third kappa shape index (κ3) is 3.96. The zero-order valence-corrected chi connectivity index (χ0v) is 20.8. The molecule has 0 radical (unpaired) electrons. The molecule has 8 heteroatoms. The molecular weight excluding hydrogens is 422 g/mol. The molecule has 0 unspecified atom stereocenters. The summed E-state index contributed by atoms with van der Waals surface area (Å²) < 4.78 is 4.78. The highest BCUT2D eigenvalue weighted by atomic mass is 32.5. The second-order valence-corrected chi connectivity index (χ2v) is 16.9. The Hall–Kier alpha value is -0.740. The maximum atomic E-state index is 6.39. The van der Waals surface area contributed by atoms with Crippen molar-refractivity contribution in [2.24, 2.45) is 0 Å². The van der Waals surface area contributed by atoms with Gasteiger partial charge in [-0.3, -0.25) is 0 Å². The molecule has 4 nitrogen and oxygen atoms in total. The Kier molecular flexibility index (Phi) is 5.88. The molecule has 2 aromatic rings. The van der Waals surface area contributed by atoms with E-state index in [0.717, 1.165) is 11.4 Å². The molecule has 0 amide bonds. The monoisotopic (exact) mass is 452 g/mol. The zero-order chi connectivity index (χ0) is 20.8. The van der Waals surface area contributed by atoms with Gasteiger partial charge in [0, 0.05) is 22.5 Å². The van der Waals surface area contributed by atoms with Gasteiger partial charge in [-0.1, -0.05) is 36.4 Å². The van der Waals surface area contributed by atoms with E-state index in [4.69, 9.17) is 23.6 Å². The van der Waals surface area contributed by atoms with Crippen molar-refractivity contribution in [2.75, 3.05) is 10.2 Å². The van der Waals surface area contributed by atoms with Gasteiger partial charge in [-0.2, -0.15) is 8.88 Å². The van der Waals surface area contributed by atoms with E-state index in [1.54, 1.807) is 0 Å². The van der Waals surface area contributed by atoms with Gasteiger partial charge in [0.15, 0.2) is 13.0 Å². The lowest BCUT2D eigenvalue weighted by molar-refractivity contribution is 0.283. The fourth-order valence-electron chi connectivity index (χ4n) is 3.64. The molecule has 1 heterocycles. The summed E-state index contributed by atoms with van der Waals surface area (Å²) in [5, 5.41) is 7.42. The summed E-state index contributed by atoms with van der Waals surface area (Å²) in [7, 11) is 0. The van der Waals surface area contributed by atoms with Crippen LogP contribution in [0.5, 0.6) is 0 Å². The summed E-state index contributed by atoms with van der Waals surface area (Å²) in [5.41, 5.74) is 1.73. The maximum absolute atomic E-state index is 6.39. The molecule has 0 aliphatic carbocycles. The Bertz CT molecular complexity index is 827. The van der Waals surface area contributed by atoms with Gasteiger partial charge in [0.2, 0.25) is 0 Å². The standard InChI is InChI=1S/C20H30N4P2S2/c1-19(2,3)23-25(27,21-17-13-9-7-10-14-17)24(20(4,5)6)26(23,28)22-18-15-11-8-12-16-18/h7-16H,1-6H3,(H,21,27)(H,22,28). The van der Waals surface area contributed by atoms with Crippen molar-refractivity contribution in [3.05, 3.63) is 60.7 Å². The Morgan fingerprint density at radius 2 is 0.893 bits per heavy atom. The van der Waals surface area contributed by atoms with Crippen LogP contribution in [0.25, 0.3) is 0 Å². The largest absolute Gasteiger partial charge is 0.334 e. The first kappa shape index (κ1) is 22.0. The number of anilines is 2. The number of para-hydroxylation sites is 2. The predicted octanol–water partition coefficient (Wildman–Crippen LogP) is 6.87. The molecule has 1 aliphatic rings. The van der Waals surface area contributed by atoms with Crippen LogP contribution in [0.1, 0.15) is 41.5 Å². The van der Waals surface area contributed by atoms with Gasteiger partial charge < -0.3 is 10.2 Å². The van der Waals surface area contributed by atoms with Crippen LogP contribution in [0.15, 0.2) is 60.7 Å². The summed E-state index contributed by atoms with van der Waals surface area (Å²) in [6.07, 6.45) is 0. The molecule has 1 saturated heterocycles. The average Bonchev–Trinajstić information content (AvgIpc) is 2.52. The van der Waals surface area contributed by atoms with Crippen LogP contribution in [-0.4, -0.2) is 20.0 Å². The van der Waals surface area contributed by atoms with Crippen LogP contribution >= 0.6 is 13.0 Å². The average molecular weight is 453 g/mol. The van der Waals surface area contributed by atoms with Gasteiger partial charge in [0.25, 0.3) is 0 Å². The number of nitrogens with one attached hydrogen (secondary N) is 2. The van der Waals surface area contributed by atoms with Gasteiger partial charge in [-0.15, -0.1) is 0 Å². The molecular formula is C20H30N4P2S2. The molecule has 0 saturated carbocycles. The van der Waals surface area contributed by atoms with Crippen molar-refractivity contribution in [3.63, 3.8) is 0 Å². The number of nitrogens with zero attached hydrogens (tertiary/aromatic N) is 2. The van der Waals surface area contributed by atoms with E-state index in [0.29, 0.717) is 0 Å². The van der Waals surface area contributed by atoms with E-state index in [9.17, 15) is 0 Å². The van der Waals surface area contributed by atoms with Crippen molar-refractivity contribution in [2.45, 2.75) is 52.6 Å². The number of rotatable bonds is 4. The second kappa shape index (κ2) is 7.50. The molecule has 0 aromatic heterocycles. The molecule has 1 fully saturated rings. The van der Waals surface area contributed by atoms with Crippen LogP contribution in [0, 0.1) is 0 Å². The van der Waals surface area contributed by atoms with Crippen LogP contribution in [-0.2, 0) is 23.6 Å². The smallest absolute Gasteiger partial charge is 0.180 e. The first-order valence-corrected chi connectivity index (χ1v) is 14.8. The molecule has 152 valence electrons. The van der Waals surface area contributed by atoms with E-state index >= 15 is 0 Å². The summed E-state index contributed by atoms with van der Waals surface area (Å²) in [6, 6.07) is 20.5. The van der Waals surface area contributed by atoms with Gasteiger partial charge in [-0.05, 0) is 89.4 Å². The van der Waals surface area contributed by atoms with Crippen molar-refractivity contribution < 1.29 is 0 Å². The minimum atomic E-state index is -2.30. The minimum absolute atomic E-state index is 0.170. The highest BCUT2D eigenvalue weighted by molar-refractivity contribution is 8.30. The molecule has 0 bridgehead atoms. The first-order valence-electron chi connectivity index (χ1n) is 9.38. The van der Waals surface area contributed by atoms with Crippen LogP contribution < -0.4 is 10.2 Å². The van der Waals surface area contributed by atoms with Gasteiger partial charge in [0.05, 0.1) is 0 Å². The second-order valence-electron chi connectivity index (χ2n) is 8.96. The fraction of sp³-hybridized carbons (Fsp3) is 0.400. The fourth-order valence-corrected chi connectivity index (χ4v) is 20.4. The third-order valence-electron chi connectivity index (χ3n) is 4.32. The van der Waals surface area contributed by atoms with Crippen LogP contribution in [0.3, 0.4) is 0 Å². The predicted molar refractivity (Wildman–Crippen MR) is 132 cm³/mol. The van der Waals surface area contributed by atoms with Gasteiger partial charge in [0.1, 0.15) is 0 Å². The lowest BCUT2D eigenvalue weighted by Gasteiger charge is -2.68. The molecule has 0 atom stereocenters. The summed E-state index contributed by atoms with van der Waals surface area (Å²) in [5.74, 6) is 0. The van der Waals surface area contributed by atoms with E-state index in [-0.39, 0.29) is 11.1 Å². The molecule has 1 aliphatic heterocycles. The Balaban J connectivity index is 2.11. The summed E-state index contributed by atoms with van der Waals surface area (Å²) in [6.45, 7) is 8.61. The van der Waals surface area contributed by atoms with Crippen molar-refractivity contribution >= 4 is 48.0 Å². The minimum Gasteiger partial charge on any atom is -0.334 e. The zero-order valence-electron chi connectivity index (χ0n) is 17.4. The highest BCUT2D eigenvalue weighted by Gasteiger charge is 2.65. The molecule has 3 rings (SSSR count). The highest BCUT2D eigenvalue weighted by Crippen LogP contribution is 2.88.